The lowest BCUT2D eigenvalue weighted by molar-refractivity contribution is 0.467. The lowest BCUT2D eigenvalue weighted by Gasteiger charge is -2.16. The fourth-order valence-electron chi connectivity index (χ4n) is 0.821. The maximum Gasteiger partial charge on any atom is 0.214 e. The molecule has 0 aliphatic rings. The molecule has 6 nitrogen and oxygen atoms in total. The van der Waals surface area contributed by atoms with E-state index in [-0.39, 0.29) is 11.5 Å². The Morgan fingerprint density at radius 3 is 2.07 bits per heavy atom. The predicted octanol–water partition coefficient (Wildman–Crippen LogP) is -1.49. The third-order valence-corrected chi connectivity index (χ3v) is 4.92. The largest absolute Gasteiger partial charge is 0.318 e. The molecule has 0 aliphatic carbocycles. The molecule has 1 N–H and O–H groups in total. The van der Waals surface area contributed by atoms with Crippen LogP contribution < -0.4 is 5.32 Å². The Bertz CT molecular complexity index is 374. The molecule has 0 atom stereocenters. The van der Waals surface area contributed by atoms with Crippen LogP contribution in [0.15, 0.2) is 0 Å². The van der Waals surface area contributed by atoms with Crippen LogP contribution in [0.25, 0.3) is 0 Å². The van der Waals surface area contributed by atoms with E-state index in [1.54, 1.807) is 7.05 Å². The van der Waals surface area contributed by atoms with Gasteiger partial charge in [0.15, 0.2) is 0 Å². The van der Waals surface area contributed by atoms with Gasteiger partial charge in [0.2, 0.25) is 10.0 Å². The van der Waals surface area contributed by atoms with Crippen molar-refractivity contribution in [2.45, 2.75) is 0 Å². The molecule has 0 unspecified atom stereocenters. The van der Waals surface area contributed by atoms with Gasteiger partial charge in [0, 0.05) is 26.4 Å². The average molecular weight is 258 g/mol. The zero-order valence-corrected chi connectivity index (χ0v) is 10.9. The van der Waals surface area contributed by atoms with Gasteiger partial charge in [-0.2, -0.15) is 0 Å². The molecule has 15 heavy (non-hydrogen) atoms. The Labute approximate surface area is 91.6 Å². The standard InChI is InChI=1S/C7H18N2O4S2/c1-8-4-5-9(2)15(12,13)7-6-14(3,10)11/h8H,4-7H2,1-3H3. The van der Waals surface area contributed by atoms with Crippen LogP contribution in [0.2, 0.25) is 0 Å². The van der Waals surface area contributed by atoms with Gasteiger partial charge in [-0.3, -0.25) is 0 Å². The molecular weight excluding hydrogens is 240 g/mol. The van der Waals surface area contributed by atoms with E-state index in [0.29, 0.717) is 13.1 Å². The van der Waals surface area contributed by atoms with E-state index in [1.807, 2.05) is 0 Å². The van der Waals surface area contributed by atoms with Crippen molar-refractivity contribution in [3.05, 3.63) is 0 Å². The van der Waals surface area contributed by atoms with E-state index in [9.17, 15) is 16.8 Å². The van der Waals surface area contributed by atoms with Crippen LogP contribution in [0.5, 0.6) is 0 Å². The normalized spacial score (nSPS) is 13.3. The molecule has 0 saturated carbocycles. The second-order valence-corrected chi connectivity index (χ2v) is 7.83. The Morgan fingerprint density at radius 1 is 1.13 bits per heavy atom. The molecule has 0 saturated heterocycles. The molecule has 0 bridgehead atoms. The summed E-state index contributed by atoms with van der Waals surface area (Å²) in [5.41, 5.74) is 0. The first kappa shape index (κ1) is 14.8. The minimum absolute atomic E-state index is 0.334. The Balaban J connectivity index is 4.30. The van der Waals surface area contributed by atoms with Crippen LogP contribution in [-0.4, -0.2) is 66.1 Å². The van der Waals surface area contributed by atoms with Crippen molar-refractivity contribution < 1.29 is 16.8 Å². The Kier molecular flexibility index (Phi) is 5.71. The van der Waals surface area contributed by atoms with Crippen molar-refractivity contribution in [3.63, 3.8) is 0 Å². The average Bonchev–Trinajstić information content (AvgIpc) is 2.10. The van der Waals surface area contributed by atoms with Gasteiger partial charge in [0.05, 0.1) is 11.5 Å². The van der Waals surface area contributed by atoms with Gasteiger partial charge in [0.25, 0.3) is 0 Å². The Morgan fingerprint density at radius 2 is 1.67 bits per heavy atom. The first-order valence-corrected chi connectivity index (χ1v) is 8.12. The summed E-state index contributed by atoms with van der Waals surface area (Å²) >= 11 is 0. The molecular formula is C7H18N2O4S2. The summed E-state index contributed by atoms with van der Waals surface area (Å²) in [6, 6.07) is 0. The molecule has 0 aromatic carbocycles. The summed E-state index contributed by atoms with van der Waals surface area (Å²) in [6.45, 7) is 0.872. The minimum Gasteiger partial charge on any atom is -0.318 e. The van der Waals surface area contributed by atoms with Crippen molar-refractivity contribution in [1.29, 1.82) is 0 Å². The second kappa shape index (κ2) is 5.78. The number of nitrogens with one attached hydrogen (secondary N) is 1. The van der Waals surface area contributed by atoms with Gasteiger partial charge in [-0.25, -0.2) is 21.1 Å². The number of sulfonamides is 1. The minimum atomic E-state index is -3.45. The summed E-state index contributed by atoms with van der Waals surface area (Å²) in [7, 11) is -3.53. The molecule has 0 heterocycles. The lowest BCUT2D eigenvalue weighted by atomic mass is 10.6. The van der Waals surface area contributed by atoms with Crippen molar-refractivity contribution in [3.8, 4) is 0 Å². The third-order valence-electron chi connectivity index (χ3n) is 1.86. The number of likely N-dealkylation sites (N-methyl/N-ethyl adjacent to an activating group) is 2. The predicted molar refractivity (Wildman–Crippen MR) is 60.1 cm³/mol. The quantitative estimate of drug-likeness (QED) is 0.601. The van der Waals surface area contributed by atoms with Crippen molar-refractivity contribution in [1.82, 2.24) is 9.62 Å². The highest BCUT2D eigenvalue weighted by Gasteiger charge is 2.19. The van der Waals surface area contributed by atoms with E-state index < -0.39 is 19.9 Å². The summed E-state index contributed by atoms with van der Waals surface area (Å²) < 4.78 is 45.8. The number of rotatable bonds is 7. The lowest BCUT2D eigenvalue weighted by Crippen LogP contribution is -2.36. The molecule has 0 aliphatic heterocycles. The van der Waals surface area contributed by atoms with Crippen LogP contribution in [-0.2, 0) is 19.9 Å². The van der Waals surface area contributed by atoms with Crippen LogP contribution in [0.3, 0.4) is 0 Å². The Hall–Kier alpha value is -0.180. The number of hydrogen-bond acceptors (Lipinski definition) is 5. The van der Waals surface area contributed by atoms with Crippen LogP contribution >= 0.6 is 0 Å². The van der Waals surface area contributed by atoms with Crippen LogP contribution in [0.4, 0.5) is 0 Å². The van der Waals surface area contributed by atoms with Gasteiger partial charge in [-0.05, 0) is 7.05 Å². The van der Waals surface area contributed by atoms with E-state index in [0.717, 1.165) is 10.6 Å². The summed E-state index contributed by atoms with van der Waals surface area (Å²) in [6.07, 6.45) is 1.02. The molecule has 8 heteroatoms. The van der Waals surface area contributed by atoms with Crippen LogP contribution in [0, 0.1) is 0 Å². The number of sulfone groups is 1. The van der Waals surface area contributed by atoms with Crippen molar-refractivity contribution in [2.75, 3.05) is 44.9 Å². The van der Waals surface area contributed by atoms with Crippen molar-refractivity contribution >= 4 is 19.9 Å². The fraction of sp³-hybridized carbons (Fsp3) is 1.00. The molecule has 92 valence electrons. The smallest absolute Gasteiger partial charge is 0.214 e. The highest BCUT2D eigenvalue weighted by molar-refractivity contribution is 7.93. The fourth-order valence-corrected chi connectivity index (χ4v) is 3.56. The SMILES string of the molecule is CNCCN(C)S(=O)(=O)CCS(C)(=O)=O. The summed E-state index contributed by atoms with van der Waals surface area (Å²) in [5, 5.41) is 2.82. The monoisotopic (exact) mass is 258 g/mol. The first-order valence-electron chi connectivity index (χ1n) is 4.45. The third kappa shape index (κ3) is 6.82. The van der Waals surface area contributed by atoms with Gasteiger partial charge in [0.1, 0.15) is 9.84 Å². The molecule has 0 radical (unpaired) electrons. The second-order valence-electron chi connectivity index (χ2n) is 3.37. The van der Waals surface area contributed by atoms with E-state index in [1.165, 1.54) is 7.05 Å². The number of hydrogen-bond donors (Lipinski definition) is 1. The zero-order valence-electron chi connectivity index (χ0n) is 9.23. The number of nitrogens with zero attached hydrogens (tertiary/aromatic N) is 1. The topological polar surface area (TPSA) is 83.6 Å². The molecule has 0 spiro atoms. The summed E-state index contributed by atoms with van der Waals surface area (Å²) in [5.74, 6) is -0.689. The molecule has 0 rings (SSSR count). The zero-order chi connectivity index (χ0) is 12.1. The highest BCUT2D eigenvalue weighted by atomic mass is 32.2. The van der Waals surface area contributed by atoms with Gasteiger partial charge >= 0.3 is 0 Å². The van der Waals surface area contributed by atoms with E-state index in [2.05, 4.69) is 5.32 Å². The molecule has 0 aromatic heterocycles. The van der Waals surface area contributed by atoms with Crippen LogP contribution in [0.1, 0.15) is 0 Å². The van der Waals surface area contributed by atoms with E-state index >= 15 is 0 Å². The summed E-state index contributed by atoms with van der Waals surface area (Å²) in [4.78, 5) is 0. The van der Waals surface area contributed by atoms with Gasteiger partial charge < -0.3 is 5.32 Å². The van der Waals surface area contributed by atoms with E-state index in [4.69, 9.17) is 0 Å². The van der Waals surface area contributed by atoms with Gasteiger partial charge in [-0.15, -0.1) is 0 Å². The molecule has 0 aromatic rings. The molecule has 0 amide bonds. The van der Waals surface area contributed by atoms with Crippen molar-refractivity contribution in [2.24, 2.45) is 0 Å². The molecule has 0 fully saturated rings. The maximum atomic E-state index is 11.5. The first-order chi connectivity index (χ1) is 6.69. The maximum absolute atomic E-state index is 11.5. The van der Waals surface area contributed by atoms with Gasteiger partial charge in [-0.1, -0.05) is 0 Å². The highest BCUT2D eigenvalue weighted by Crippen LogP contribution is 1.98.